The van der Waals surface area contributed by atoms with Crippen molar-refractivity contribution in [1.29, 1.82) is 0 Å². The van der Waals surface area contributed by atoms with Crippen LogP contribution in [0, 0.1) is 40.4 Å². The molecule has 24 heavy (non-hydrogen) atoms. The molecule has 3 heteroatoms. The predicted octanol–water partition coefficient (Wildman–Crippen LogP) is 3.57. The highest BCUT2D eigenvalue weighted by molar-refractivity contribution is 5.85. The third-order valence-corrected chi connectivity index (χ3v) is 9.04. The van der Waals surface area contributed by atoms with Gasteiger partial charge in [-0.1, -0.05) is 13.8 Å². The van der Waals surface area contributed by atoms with Crippen molar-refractivity contribution in [2.75, 3.05) is 0 Å². The molecule has 0 amide bonds. The molecule has 0 heterocycles. The fourth-order valence-electron chi connectivity index (χ4n) is 7.89. The maximum absolute atomic E-state index is 12.7. The Balaban J connectivity index is 1.64. The molecule has 0 aromatic rings. The standard InChI is InChI=1S/C21H34O3/c1-12(22)19-18(24)11-17-15-5-4-13-10-14(23)6-8-20(13,2)16(15)7-9-21(17,19)3/h12-17,19,22-23H,4-11H2,1-3H3/t12-,13+,14+,15+,16-,17-,19-,20-,21-/m0/s1. The fraction of sp³-hybridized carbons (Fsp3) is 0.952. The Morgan fingerprint density at radius 2 is 1.75 bits per heavy atom. The molecular formula is C21H34O3. The molecule has 0 spiro atoms. The highest BCUT2D eigenvalue weighted by Crippen LogP contribution is 2.67. The van der Waals surface area contributed by atoms with E-state index in [0.29, 0.717) is 41.3 Å². The van der Waals surface area contributed by atoms with Gasteiger partial charge < -0.3 is 10.2 Å². The zero-order valence-electron chi connectivity index (χ0n) is 15.5. The first-order valence-corrected chi connectivity index (χ1v) is 10.2. The predicted molar refractivity (Wildman–Crippen MR) is 93.3 cm³/mol. The van der Waals surface area contributed by atoms with Gasteiger partial charge >= 0.3 is 0 Å². The molecule has 0 unspecified atom stereocenters. The molecule has 4 rings (SSSR count). The molecule has 0 bridgehead atoms. The van der Waals surface area contributed by atoms with Crippen molar-refractivity contribution in [3.05, 3.63) is 0 Å². The quantitative estimate of drug-likeness (QED) is 0.771. The first-order chi connectivity index (χ1) is 11.3. The number of ketones is 1. The highest BCUT2D eigenvalue weighted by atomic mass is 16.3. The van der Waals surface area contributed by atoms with Gasteiger partial charge in [0.05, 0.1) is 12.2 Å². The lowest BCUT2D eigenvalue weighted by atomic mass is 9.44. The molecule has 0 aromatic heterocycles. The van der Waals surface area contributed by atoms with E-state index >= 15 is 0 Å². The van der Waals surface area contributed by atoms with E-state index in [1.54, 1.807) is 0 Å². The molecule has 0 aliphatic heterocycles. The zero-order chi connectivity index (χ0) is 17.3. The van der Waals surface area contributed by atoms with Crippen LogP contribution in [0.3, 0.4) is 0 Å². The smallest absolute Gasteiger partial charge is 0.139 e. The summed E-state index contributed by atoms with van der Waals surface area (Å²) in [7, 11) is 0. The molecule has 4 aliphatic rings. The monoisotopic (exact) mass is 334 g/mol. The third kappa shape index (κ3) is 2.19. The third-order valence-electron chi connectivity index (χ3n) is 9.04. The number of aliphatic hydroxyl groups is 2. The number of aliphatic hydroxyl groups excluding tert-OH is 2. The summed E-state index contributed by atoms with van der Waals surface area (Å²) < 4.78 is 0. The van der Waals surface area contributed by atoms with Crippen molar-refractivity contribution in [3.8, 4) is 0 Å². The Hall–Kier alpha value is -0.410. The van der Waals surface area contributed by atoms with Crippen molar-refractivity contribution in [2.45, 2.75) is 84.3 Å². The largest absolute Gasteiger partial charge is 0.393 e. The van der Waals surface area contributed by atoms with Crippen LogP contribution in [0.4, 0.5) is 0 Å². The summed E-state index contributed by atoms with van der Waals surface area (Å²) in [6.45, 7) is 6.57. The van der Waals surface area contributed by atoms with E-state index in [1.807, 2.05) is 6.92 Å². The van der Waals surface area contributed by atoms with Crippen LogP contribution in [0.1, 0.15) is 72.1 Å². The van der Waals surface area contributed by atoms with Crippen molar-refractivity contribution < 1.29 is 15.0 Å². The second-order valence-electron chi connectivity index (χ2n) is 10.0. The molecule has 2 N–H and O–H groups in total. The Morgan fingerprint density at radius 1 is 1.04 bits per heavy atom. The van der Waals surface area contributed by atoms with Gasteiger partial charge in [0.2, 0.25) is 0 Å². The van der Waals surface area contributed by atoms with Gasteiger partial charge in [0.15, 0.2) is 0 Å². The summed E-state index contributed by atoms with van der Waals surface area (Å²) in [6, 6.07) is 0. The van der Waals surface area contributed by atoms with Crippen LogP contribution in [0.15, 0.2) is 0 Å². The van der Waals surface area contributed by atoms with E-state index in [2.05, 4.69) is 13.8 Å². The Labute approximate surface area is 146 Å². The lowest BCUT2D eigenvalue weighted by Crippen LogP contribution is -2.54. The molecule has 136 valence electrons. The number of Topliss-reactive ketones (excluding diaryl/α,β-unsaturated/α-hetero) is 1. The first kappa shape index (κ1) is 17.0. The molecule has 4 aliphatic carbocycles. The average Bonchev–Trinajstić information content (AvgIpc) is 2.78. The SMILES string of the molecule is C[C@H](O)[C@H]1C(=O)C[C@H]2[C@@H]3CC[C@@H]4C[C@H](O)CC[C@]4(C)[C@H]3CC[C@]12C. The van der Waals surface area contributed by atoms with Crippen LogP contribution in [0.25, 0.3) is 0 Å². The Bertz CT molecular complexity index is 529. The fourth-order valence-corrected chi connectivity index (χ4v) is 7.89. The molecular weight excluding hydrogens is 300 g/mol. The van der Waals surface area contributed by atoms with Crippen LogP contribution >= 0.6 is 0 Å². The number of hydrogen-bond donors (Lipinski definition) is 2. The molecule has 3 nitrogen and oxygen atoms in total. The zero-order valence-corrected chi connectivity index (χ0v) is 15.5. The van der Waals surface area contributed by atoms with E-state index < -0.39 is 6.10 Å². The van der Waals surface area contributed by atoms with E-state index in [0.717, 1.165) is 25.7 Å². The van der Waals surface area contributed by atoms with Crippen LogP contribution in [-0.2, 0) is 4.79 Å². The second kappa shape index (κ2) is 5.54. The number of carbonyl (C=O) groups is 1. The van der Waals surface area contributed by atoms with E-state index in [-0.39, 0.29) is 17.4 Å². The minimum Gasteiger partial charge on any atom is -0.393 e. The van der Waals surface area contributed by atoms with E-state index in [9.17, 15) is 15.0 Å². The summed E-state index contributed by atoms with van der Waals surface area (Å²) in [5.41, 5.74) is 0.360. The van der Waals surface area contributed by atoms with E-state index in [4.69, 9.17) is 0 Å². The van der Waals surface area contributed by atoms with Crippen molar-refractivity contribution in [3.63, 3.8) is 0 Å². The molecule has 4 saturated carbocycles. The average molecular weight is 335 g/mol. The Morgan fingerprint density at radius 3 is 2.46 bits per heavy atom. The van der Waals surface area contributed by atoms with Gasteiger partial charge in [-0.25, -0.2) is 0 Å². The number of hydrogen-bond acceptors (Lipinski definition) is 3. The van der Waals surface area contributed by atoms with Gasteiger partial charge in [-0.05, 0) is 86.4 Å². The van der Waals surface area contributed by atoms with Crippen LogP contribution < -0.4 is 0 Å². The summed E-state index contributed by atoms with van der Waals surface area (Å²) in [6.07, 6.45) is 7.90. The normalized spacial score (nSPS) is 55.5. The lowest BCUT2D eigenvalue weighted by Gasteiger charge is -2.60. The number of carbonyl (C=O) groups excluding carboxylic acids is 1. The number of fused-ring (bicyclic) bond motifs is 5. The van der Waals surface area contributed by atoms with E-state index in [1.165, 1.54) is 19.3 Å². The maximum atomic E-state index is 12.7. The van der Waals surface area contributed by atoms with Crippen molar-refractivity contribution in [2.24, 2.45) is 40.4 Å². The number of rotatable bonds is 1. The summed E-state index contributed by atoms with van der Waals surface area (Å²) in [5, 5.41) is 20.3. The topological polar surface area (TPSA) is 57.5 Å². The van der Waals surface area contributed by atoms with Crippen LogP contribution in [0.5, 0.6) is 0 Å². The molecule has 4 fully saturated rings. The maximum Gasteiger partial charge on any atom is 0.139 e. The van der Waals surface area contributed by atoms with Gasteiger partial charge in [0.1, 0.15) is 5.78 Å². The minimum absolute atomic E-state index is 0.00376. The lowest BCUT2D eigenvalue weighted by molar-refractivity contribution is -0.136. The van der Waals surface area contributed by atoms with Gasteiger partial charge in [0, 0.05) is 12.3 Å². The van der Waals surface area contributed by atoms with Gasteiger partial charge in [-0.3, -0.25) is 4.79 Å². The second-order valence-corrected chi connectivity index (χ2v) is 10.0. The van der Waals surface area contributed by atoms with Gasteiger partial charge in [0.25, 0.3) is 0 Å². The molecule has 9 atom stereocenters. The summed E-state index contributed by atoms with van der Waals surface area (Å²) >= 11 is 0. The molecule has 0 radical (unpaired) electrons. The molecule has 0 saturated heterocycles. The van der Waals surface area contributed by atoms with Crippen molar-refractivity contribution >= 4 is 5.78 Å². The highest BCUT2D eigenvalue weighted by Gasteiger charge is 2.62. The Kier molecular flexibility index (Phi) is 3.93. The summed E-state index contributed by atoms with van der Waals surface area (Å²) in [4.78, 5) is 12.7. The molecule has 0 aromatic carbocycles. The minimum atomic E-state index is -0.513. The first-order valence-electron chi connectivity index (χ1n) is 10.2. The summed E-state index contributed by atoms with van der Waals surface area (Å²) in [5.74, 6) is 2.64. The van der Waals surface area contributed by atoms with Gasteiger partial charge in [-0.2, -0.15) is 0 Å². The van der Waals surface area contributed by atoms with Gasteiger partial charge in [-0.15, -0.1) is 0 Å². The van der Waals surface area contributed by atoms with Crippen molar-refractivity contribution in [1.82, 2.24) is 0 Å². The van der Waals surface area contributed by atoms with Crippen LogP contribution in [-0.4, -0.2) is 28.2 Å². The van der Waals surface area contributed by atoms with Crippen LogP contribution in [0.2, 0.25) is 0 Å².